The van der Waals surface area contributed by atoms with E-state index in [9.17, 15) is 14.4 Å². The minimum atomic E-state index is -0.422. The predicted molar refractivity (Wildman–Crippen MR) is 99.6 cm³/mol. The molecule has 0 spiro atoms. The number of methoxy groups -OCH3 is 2. The molecule has 4 aliphatic carbocycles. The maximum absolute atomic E-state index is 12.9. The predicted octanol–water partition coefficient (Wildman–Crippen LogP) is 1.70. The van der Waals surface area contributed by atoms with Crippen molar-refractivity contribution in [1.29, 1.82) is 0 Å². The Hall–Kier alpha value is -2.83. The Balaban J connectivity index is 1.31. The van der Waals surface area contributed by atoms with Gasteiger partial charge in [-0.15, -0.1) is 0 Å². The monoisotopic (exact) mass is 382 g/mol. The van der Waals surface area contributed by atoms with Gasteiger partial charge < -0.3 is 14.8 Å². The molecule has 2 bridgehead atoms. The van der Waals surface area contributed by atoms with Crippen LogP contribution in [0.1, 0.15) is 6.42 Å². The second-order valence-electron chi connectivity index (χ2n) is 8.03. The van der Waals surface area contributed by atoms with Crippen molar-refractivity contribution < 1.29 is 23.9 Å². The molecule has 3 fully saturated rings. The summed E-state index contributed by atoms with van der Waals surface area (Å²) >= 11 is 0. The average molecular weight is 382 g/mol. The summed E-state index contributed by atoms with van der Waals surface area (Å²) in [5, 5.41) is 2.74. The molecule has 6 rings (SSSR count). The Kier molecular flexibility index (Phi) is 3.76. The van der Waals surface area contributed by atoms with Gasteiger partial charge >= 0.3 is 0 Å². The molecule has 1 saturated heterocycles. The number of hydrogen-bond donors (Lipinski definition) is 1. The van der Waals surface area contributed by atoms with Crippen LogP contribution < -0.4 is 14.8 Å². The SMILES string of the molecule is COc1ccc(NC(=O)CN2C(=O)[C@H]3[C@@H]4C=C[C@H]([C@H]5C[C@H]45)[C@@H]3C2=O)c(OC)c1. The molecule has 7 heteroatoms. The number of ether oxygens (including phenoxy) is 2. The maximum atomic E-state index is 12.9. The second-order valence-corrected chi connectivity index (χ2v) is 8.03. The van der Waals surface area contributed by atoms with Gasteiger partial charge in [-0.2, -0.15) is 0 Å². The van der Waals surface area contributed by atoms with Crippen molar-refractivity contribution in [2.24, 2.45) is 35.5 Å². The lowest BCUT2D eigenvalue weighted by Crippen LogP contribution is -2.40. The summed E-state index contributed by atoms with van der Waals surface area (Å²) in [4.78, 5) is 39.6. The first-order valence-electron chi connectivity index (χ1n) is 9.59. The van der Waals surface area contributed by atoms with Gasteiger partial charge in [0.15, 0.2) is 0 Å². The number of carbonyl (C=O) groups is 3. The first-order chi connectivity index (χ1) is 13.5. The quantitative estimate of drug-likeness (QED) is 0.619. The maximum Gasteiger partial charge on any atom is 0.244 e. The fourth-order valence-electron chi connectivity index (χ4n) is 5.41. The fraction of sp³-hybridized carbons (Fsp3) is 0.476. The van der Waals surface area contributed by atoms with Crippen LogP contribution in [0.2, 0.25) is 0 Å². The number of amides is 3. The topological polar surface area (TPSA) is 84.9 Å². The summed E-state index contributed by atoms with van der Waals surface area (Å²) in [5.41, 5.74) is 0.466. The third-order valence-corrected chi connectivity index (χ3v) is 6.74. The molecule has 0 unspecified atom stereocenters. The molecular weight excluding hydrogens is 360 g/mol. The Bertz CT molecular complexity index is 874. The third kappa shape index (κ3) is 2.38. The number of hydrogen-bond acceptors (Lipinski definition) is 5. The van der Waals surface area contributed by atoms with Crippen LogP contribution in [0.25, 0.3) is 0 Å². The fourth-order valence-corrected chi connectivity index (χ4v) is 5.41. The van der Waals surface area contributed by atoms with E-state index in [1.165, 1.54) is 7.11 Å². The Morgan fingerprint density at radius 2 is 1.71 bits per heavy atom. The van der Waals surface area contributed by atoms with Gasteiger partial charge in [0.1, 0.15) is 18.0 Å². The van der Waals surface area contributed by atoms with Gasteiger partial charge in [0.2, 0.25) is 17.7 Å². The van der Waals surface area contributed by atoms with Gasteiger partial charge in [-0.25, -0.2) is 0 Å². The Morgan fingerprint density at radius 3 is 2.29 bits per heavy atom. The van der Waals surface area contributed by atoms with Gasteiger partial charge in [0.25, 0.3) is 0 Å². The highest BCUT2D eigenvalue weighted by Gasteiger charge is 2.67. The molecule has 1 aromatic carbocycles. The van der Waals surface area contributed by atoms with Gasteiger partial charge in [-0.3, -0.25) is 19.3 Å². The lowest BCUT2D eigenvalue weighted by Gasteiger charge is -2.37. The minimum absolute atomic E-state index is 0.159. The zero-order valence-corrected chi connectivity index (χ0v) is 15.8. The molecule has 6 atom stereocenters. The van der Waals surface area contributed by atoms with Crippen LogP contribution in [0.15, 0.2) is 30.4 Å². The molecule has 1 N–H and O–H groups in total. The first-order valence-corrected chi connectivity index (χ1v) is 9.59. The molecule has 0 radical (unpaired) electrons. The van der Waals surface area contributed by atoms with E-state index in [1.54, 1.807) is 25.3 Å². The van der Waals surface area contributed by atoms with Crippen molar-refractivity contribution in [2.75, 3.05) is 26.1 Å². The molecule has 5 aliphatic rings. The van der Waals surface area contributed by atoms with Gasteiger partial charge in [0, 0.05) is 6.07 Å². The van der Waals surface area contributed by atoms with E-state index in [0.29, 0.717) is 29.0 Å². The number of carbonyl (C=O) groups excluding carboxylic acids is 3. The highest BCUT2D eigenvalue weighted by atomic mass is 16.5. The van der Waals surface area contributed by atoms with E-state index < -0.39 is 5.91 Å². The van der Waals surface area contributed by atoms with Crippen molar-refractivity contribution >= 4 is 23.4 Å². The molecule has 1 aliphatic heterocycles. The summed E-state index contributed by atoms with van der Waals surface area (Å²) in [7, 11) is 3.04. The standard InChI is InChI=1S/C21H22N2O5/c1-27-10-3-6-15(16(7-10)28-2)22-17(24)9-23-20(25)18-11-4-5-12(14-8-13(11)14)19(18)21(23)26/h3-7,11-14,18-19H,8-9H2,1-2H3,(H,22,24)/t11-,12-,13-,14-,18+,19+/m1/s1. The van der Waals surface area contributed by atoms with Crippen LogP contribution in [0.5, 0.6) is 11.5 Å². The normalized spacial score (nSPS) is 34.1. The average Bonchev–Trinajstić information content (AvgIpc) is 3.49. The zero-order chi connectivity index (χ0) is 19.6. The van der Waals surface area contributed by atoms with E-state index in [4.69, 9.17) is 9.47 Å². The largest absolute Gasteiger partial charge is 0.497 e. The van der Waals surface area contributed by atoms with Gasteiger partial charge in [0.05, 0.1) is 31.7 Å². The lowest BCUT2D eigenvalue weighted by atomic mass is 9.63. The van der Waals surface area contributed by atoms with E-state index in [2.05, 4.69) is 17.5 Å². The molecule has 3 amide bonds. The molecule has 7 nitrogen and oxygen atoms in total. The number of imide groups is 1. The van der Waals surface area contributed by atoms with Crippen LogP contribution in [0.4, 0.5) is 5.69 Å². The van der Waals surface area contributed by atoms with Crippen LogP contribution in [-0.2, 0) is 14.4 Å². The zero-order valence-electron chi connectivity index (χ0n) is 15.8. The van der Waals surface area contributed by atoms with Crippen molar-refractivity contribution in [2.45, 2.75) is 6.42 Å². The van der Waals surface area contributed by atoms with Crippen molar-refractivity contribution in [1.82, 2.24) is 4.90 Å². The number of likely N-dealkylation sites (tertiary alicyclic amines) is 1. The van der Waals surface area contributed by atoms with E-state index in [1.807, 2.05) is 0 Å². The van der Waals surface area contributed by atoms with Crippen molar-refractivity contribution in [3.63, 3.8) is 0 Å². The molecular formula is C21H22N2O5. The third-order valence-electron chi connectivity index (χ3n) is 6.74. The Labute approximate surface area is 162 Å². The number of nitrogens with zero attached hydrogens (tertiary/aromatic N) is 1. The van der Waals surface area contributed by atoms with Gasteiger partial charge in [-0.05, 0) is 42.2 Å². The molecule has 1 heterocycles. The van der Waals surface area contributed by atoms with Crippen molar-refractivity contribution in [3.8, 4) is 11.5 Å². The number of benzene rings is 1. The van der Waals surface area contributed by atoms with E-state index in [0.717, 1.165) is 11.3 Å². The Morgan fingerprint density at radius 1 is 1.07 bits per heavy atom. The van der Waals surface area contributed by atoms with E-state index >= 15 is 0 Å². The van der Waals surface area contributed by atoms with E-state index in [-0.39, 0.29) is 42.0 Å². The number of anilines is 1. The smallest absolute Gasteiger partial charge is 0.244 e. The number of nitrogens with one attached hydrogen (secondary N) is 1. The number of allylic oxidation sites excluding steroid dienone is 2. The van der Waals surface area contributed by atoms with Crippen LogP contribution in [0, 0.1) is 35.5 Å². The lowest BCUT2D eigenvalue weighted by molar-refractivity contribution is -0.142. The number of rotatable bonds is 5. The van der Waals surface area contributed by atoms with Crippen molar-refractivity contribution in [3.05, 3.63) is 30.4 Å². The molecule has 0 aromatic heterocycles. The summed E-state index contributed by atoms with van der Waals surface area (Å²) in [6, 6.07) is 5.03. The summed E-state index contributed by atoms with van der Waals surface area (Å²) in [6.07, 6.45) is 5.36. The first kappa shape index (κ1) is 17.3. The molecule has 2 saturated carbocycles. The summed E-state index contributed by atoms with van der Waals surface area (Å²) in [6.45, 7) is -0.269. The molecule has 1 aromatic rings. The summed E-state index contributed by atoms with van der Waals surface area (Å²) in [5.74, 6) is 1.08. The van der Waals surface area contributed by atoms with Crippen LogP contribution in [0.3, 0.4) is 0 Å². The minimum Gasteiger partial charge on any atom is -0.497 e. The molecule has 146 valence electrons. The highest BCUT2D eigenvalue weighted by Crippen LogP contribution is 2.65. The second kappa shape index (κ2) is 6.09. The highest BCUT2D eigenvalue weighted by molar-refractivity contribution is 6.09. The van der Waals surface area contributed by atoms with Crippen LogP contribution in [-0.4, -0.2) is 43.4 Å². The van der Waals surface area contributed by atoms with Crippen LogP contribution >= 0.6 is 0 Å². The summed E-state index contributed by atoms with van der Waals surface area (Å²) < 4.78 is 10.4. The molecule has 28 heavy (non-hydrogen) atoms. The van der Waals surface area contributed by atoms with Gasteiger partial charge in [-0.1, -0.05) is 12.2 Å².